The maximum atomic E-state index is 8.86. The maximum absolute atomic E-state index is 8.86. The van der Waals surface area contributed by atoms with Gasteiger partial charge >= 0.3 is 0 Å². The molecule has 14 heavy (non-hydrogen) atoms. The molecule has 1 N–H and O–H groups in total. The van der Waals surface area contributed by atoms with Crippen LogP contribution in [0, 0.1) is 5.92 Å². The van der Waals surface area contributed by atoms with Crippen LogP contribution in [0.25, 0.3) is 0 Å². The third-order valence-corrected chi connectivity index (χ3v) is 3.74. The van der Waals surface area contributed by atoms with Crippen LogP contribution in [0.2, 0.25) is 0 Å². The van der Waals surface area contributed by atoms with Crippen molar-refractivity contribution in [1.29, 1.82) is 0 Å². The predicted molar refractivity (Wildman–Crippen MR) is 49.5 cm³/mol. The van der Waals surface area contributed by atoms with Crippen molar-refractivity contribution in [2.24, 2.45) is 5.92 Å². The van der Waals surface area contributed by atoms with Gasteiger partial charge in [-0.2, -0.15) is 0 Å². The van der Waals surface area contributed by atoms with E-state index in [1.807, 2.05) is 20.8 Å². The van der Waals surface area contributed by atoms with Crippen molar-refractivity contribution in [2.75, 3.05) is 0 Å². The number of hydrogen-bond acceptors (Lipinski definition) is 4. The molecule has 2 rings (SSSR count). The lowest BCUT2D eigenvalue weighted by molar-refractivity contribution is -0.469. The Hall–Kier alpha value is -0.160. The van der Waals surface area contributed by atoms with Crippen molar-refractivity contribution in [3.63, 3.8) is 0 Å². The Bertz CT molecular complexity index is 228. The second kappa shape index (κ2) is 3.17. The molecular weight excluding hydrogens is 184 g/mol. The summed E-state index contributed by atoms with van der Waals surface area (Å²) in [5.41, 5.74) is -0.819. The van der Waals surface area contributed by atoms with Gasteiger partial charge < -0.3 is 0 Å². The van der Waals surface area contributed by atoms with Gasteiger partial charge in [0.1, 0.15) is 17.3 Å². The average molecular weight is 202 g/mol. The number of rotatable bonds is 1. The van der Waals surface area contributed by atoms with Gasteiger partial charge in [-0.1, -0.05) is 0 Å². The van der Waals surface area contributed by atoms with Gasteiger partial charge in [-0.25, -0.2) is 14.7 Å². The van der Waals surface area contributed by atoms with E-state index in [4.69, 9.17) is 15.0 Å². The molecule has 1 heterocycles. The molecule has 1 aliphatic carbocycles. The van der Waals surface area contributed by atoms with Gasteiger partial charge in [0.2, 0.25) is 0 Å². The van der Waals surface area contributed by atoms with Gasteiger partial charge in [0, 0.05) is 0 Å². The van der Waals surface area contributed by atoms with Gasteiger partial charge in [0.25, 0.3) is 0 Å². The first-order valence-electron chi connectivity index (χ1n) is 5.15. The molecule has 82 valence electrons. The van der Waals surface area contributed by atoms with Gasteiger partial charge in [-0.15, -0.1) is 0 Å². The Morgan fingerprint density at radius 3 is 2.71 bits per heavy atom. The molecule has 0 aromatic rings. The lowest BCUT2D eigenvalue weighted by Gasteiger charge is -2.49. The highest BCUT2D eigenvalue weighted by molar-refractivity contribution is 4.97. The predicted octanol–water partition coefficient (Wildman–Crippen LogP) is 2.14. The van der Waals surface area contributed by atoms with E-state index in [1.165, 1.54) is 0 Å². The maximum Gasteiger partial charge on any atom is 0.130 e. The van der Waals surface area contributed by atoms with Crippen LogP contribution in [0.4, 0.5) is 0 Å². The van der Waals surface area contributed by atoms with Gasteiger partial charge in [-0.05, 0) is 46.0 Å². The fourth-order valence-electron chi connectivity index (χ4n) is 2.37. The molecular formula is C10H18O4. The fourth-order valence-corrected chi connectivity index (χ4v) is 2.37. The highest BCUT2D eigenvalue weighted by Gasteiger charge is 2.51. The summed E-state index contributed by atoms with van der Waals surface area (Å²) in [5, 5.41) is 8.86. The van der Waals surface area contributed by atoms with Crippen LogP contribution in [0.5, 0.6) is 0 Å². The summed E-state index contributed by atoms with van der Waals surface area (Å²) in [7, 11) is 0. The van der Waals surface area contributed by atoms with Crippen LogP contribution in [0.3, 0.4) is 0 Å². The minimum Gasteiger partial charge on any atom is -0.251 e. The monoisotopic (exact) mass is 202 g/mol. The Balaban J connectivity index is 2.13. The summed E-state index contributed by atoms with van der Waals surface area (Å²) in [6.45, 7) is 5.93. The molecule has 2 aliphatic rings. The molecule has 0 radical (unpaired) electrons. The largest absolute Gasteiger partial charge is 0.251 e. The third kappa shape index (κ3) is 1.46. The summed E-state index contributed by atoms with van der Waals surface area (Å²) in [6.07, 6.45) is 2.55. The Labute approximate surface area is 84.0 Å². The summed E-state index contributed by atoms with van der Waals surface area (Å²) in [6, 6.07) is 0. The molecule has 0 unspecified atom stereocenters. The molecule has 1 aliphatic heterocycles. The zero-order valence-electron chi connectivity index (χ0n) is 8.95. The van der Waals surface area contributed by atoms with Gasteiger partial charge in [-0.3, -0.25) is 5.26 Å². The van der Waals surface area contributed by atoms with Crippen LogP contribution >= 0.6 is 0 Å². The van der Waals surface area contributed by atoms with E-state index >= 15 is 0 Å². The summed E-state index contributed by atoms with van der Waals surface area (Å²) in [5.74, 6) is 0.490. The van der Waals surface area contributed by atoms with E-state index in [1.54, 1.807) is 0 Å². The van der Waals surface area contributed by atoms with Crippen molar-refractivity contribution in [1.82, 2.24) is 0 Å². The quantitative estimate of drug-likeness (QED) is 0.522. The normalized spacial score (nSPS) is 46.3. The average Bonchev–Trinajstić information content (AvgIpc) is 2.15. The first-order chi connectivity index (χ1) is 6.48. The van der Waals surface area contributed by atoms with Gasteiger partial charge in [0.05, 0.1) is 0 Å². The van der Waals surface area contributed by atoms with Crippen LogP contribution in [-0.4, -0.2) is 22.6 Å². The molecule has 4 nitrogen and oxygen atoms in total. The van der Waals surface area contributed by atoms with E-state index in [0.29, 0.717) is 5.92 Å². The van der Waals surface area contributed by atoms with Crippen LogP contribution < -0.4 is 0 Å². The van der Waals surface area contributed by atoms with E-state index in [0.717, 1.165) is 19.3 Å². The van der Waals surface area contributed by atoms with Crippen molar-refractivity contribution in [3.05, 3.63) is 0 Å². The molecule has 2 bridgehead atoms. The highest BCUT2D eigenvalue weighted by Crippen LogP contribution is 2.45. The molecule has 1 saturated heterocycles. The minimum atomic E-state index is -0.604. The SMILES string of the molecule is CC1(C)OO[C@H]2C[C@@H]1CC[C@]2(C)OO. The van der Waals surface area contributed by atoms with E-state index < -0.39 is 5.60 Å². The standard InChI is InChI=1S/C10H18O4/c1-9(2)7-4-5-10(3,13-11)8(6-7)12-14-9/h7-8,11H,4-6H2,1-3H3/t7-,8-,10-/m0/s1. The lowest BCUT2D eigenvalue weighted by atomic mass is 9.71. The molecule has 1 saturated carbocycles. The van der Waals surface area contributed by atoms with E-state index in [-0.39, 0.29) is 11.7 Å². The Kier molecular flexibility index (Phi) is 2.34. The lowest BCUT2D eigenvalue weighted by Crippen LogP contribution is -2.56. The van der Waals surface area contributed by atoms with Crippen LogP contribution in [-0.2, 0) is 14.7 Å². The van der Waals surface area contributed by atoms with Crippen molar-refractivity contribution < 1.29 is 19.9 Å². The Morgan fingerprint density at radius 1 is 1.36 bits per heavy atom. The second-order valence-electron chi connectivity index (χ2n) is 5.15. The van der Waals surface area contributed by atoms with E-state index in [2.05, 4.69) is 4.89 Å². The second-order valence-corrected chi connectivity index (χ2v) is 5.15. The van der Waals surface area contributed by atoms with Gasteiger partial charge in [0.15, 0.2) is 0 Å². The summed E-state index contributed by atoms with van der Waals surface area (Å²) in [4.78, 5) is 15.2. The molecule has 2 fully saturated rings. The molecule has 0 aromatic carbocycles. The molecule has 0 aromatic heterocycles. The van der Waals surface area contributed by atoms with Crippen molar-refractivity contribution in [2.45, 2.75) is 57.3 Å². The molecule has 0 amide bonds. The number of hydrogen-bond donors (Lipinski definition) is 1. The highest BCUT2D eigenvalue weighted by atomic mass is 17.2. The summed E-state index contributed by atoms with van der Waals surface area (Å²) >= 11 is 0. The molecule has 4 heteroatoms. The third-order valence-electron chi connectivity index (χ3n) is 3.74. The zero-order valence-corrected chi connectivity index (χ0v) is 8.95. The van der Waals surface area contributed by atoms with Crippen LogP contribution in [0.15, 0.2) is 0 Å². The van der Waals surface area contributed by atoms with Crippen molar-refractivity contribution >= 4 is 0 Å². The van der Waals surface area contributed by atoms with E-state index in [9.17, 15) is 0 Å². The Morgan fingerprint density at radius 2 is 2.07 bits per heavy atom. The zero-order chi connectivity index (χ0) is 10.4. The first-order valence-corrected chi connectivity index (χ1v) is 5.15. The number of fused-ring (bicyclic) bond motifs is 2. The minimum absolute atomic E-state index is 0.153. The first kappa shape index (κ1) is 10.4. The smallest absolute Gasteiger partial charge is 0.130 e. The fraction of sp³-hybridized carbons (Fsp3) is 1.00. The van der Waals surface area contributed by atoms with Crippen molar-refractivity contribution in [3.8, 4) is 0 Å². The molecule has 3 atom stereocenters. The van der Waals surface area contributed by atoms with Crippen LogP contribution in [0.1, 0.15) is 40.0 Å². The summed E-state index contributed by atoms with van der Waals surface area (Å²) < 4.78 is 0. The molecule has 0 spiro atoms. The topological polar surface area (TPSA) is 47.9 Å².